The van der Waals surface area contributed by atoms with Gasteiger partial charge in [-0.15, -0.1) is 0 Å². The molecule has 0 N–H and O–H groups in total. The van der Waals surface area contributed by atoms with E-state index in [1.165, 1.54) is 11.1 Å². The lowest BCUT2D eigenvalue weighted by molar-refractivity contribution is 0.287. The van der Waals surface area contributed by atoms with E-state index in [2.05, 4.69) is 56.2 Å². The first-order valence-corrected chi connectivity index (χ1v) is 8.77. The van der Waals surface area contributed by atoms with Crippen molar-refractivity contribution in [1.82, 2.24) is 9.55 Å². The number of hydrogen-bond acceptors (Lipinski definition) is 2. The van der Waals surface area contributed by atoms with Crippen LogP contribution in [0.15, 0.2) is 54.6 Å². The number of ether oxygens (including phenoxy) is 1. The van der Waals surface area contributed by atoms with Gasteiger partial charge in [0.2, 0.25) is 0 Å². The highest BCUT2D eigenvalue weighted by molar-refractivity contribution is 5.76. The Bertz CT molecular complexity index is 906. The van der Waals surface area contributed by atoms with Crippen LogP contribution in [0.5, 0.6) is 5.75 Å². The number of nitrogens with zero attached hydrogens (tertiary/aromatic N) is 2. The lowest BCUT2D eigenvalue weighted by Gasteiger charge is -2.15. The second kappa shape index (κ2) is 7.14. The lowest BCUT2D eigenvalue weighted by atomic mass is 10.0. The van der Waals surface area contributed by atoms with E-state index in [1.807, 2.05) is 25.1 Å². The number of rotatable bonds is 6. The number of fused-ring (bicyclic) bond motifs is 1. The van der Waals surface area contributed by atoms with Crippen LogP contribution >= 0.6 is 0 Å². The number of aromatic nitrogens is 2. The van der Waals surface area contributed by atoms with E-state index < -0.39 is 0 Å². The van der Waals surface area contributed by atoms with Gasteiger partial charge in [0.25, 0.3) is 0 Å². The summed E-state index contributed by atoms with van der Waals surface area (Å²) in [5, 5.41) is 0. The minimum absolute atomic E-state index is 0.421. The fourth-order valence-electron chi connectivity index (χ4n) is 3.07. The Morgan fingerprint density at radius 2 is 1.96 bits per heavy atom. The van der Waals surface area contributed by atoms with E-state index in [4.69, 9.17) is 9.72 Å². The summed E-state index contributed by atoms with van der Waals surface area (Å²) in [7, 11) is 0. The Labute approximate surface area is 150 Å². The maximum Gasteiger partial charge on any atom is 0.148 e. The average Bonchev–Trinajstić information content (AvgIpc) is 2.90. The standard InChI is InChI=1S/C22H26N2O/c1-15(2)13-24-20-9-7-6-8-19(20)23-22(24)14-25-21-12-17(5)10-11-18(21)16(3)4/h6-12,16H,1,13-14H2,2-5H3. The first kappa shape index (κ1) is 17.3. The minimum atomic E-state index is 0.421. The van der Waals surface area contributed by atoms with Crippen LogP contribution in [0.1, 0.15) is 43.6 Å². The molecule has 3 nitrogen and oxygen atoms in total. The Hall–Kier alpha value is -2.55. The molecule has 3 heteroatoms. The molecule has 25 heavy (non-hydrogen) atoms. The third-order valence-corrected chi connectivity index (χ3v) is 4.31. The third-order valence-electron chi connectivity index (χ3n) is 4.31. The van der Waals surface area contributed by atoms with Crippen LogP contribution in [0.4, 0.5) is 0 Å². The van der Waals surface area contributed by atoms with Crippen molar-refractivity contribution in [2.45, 2.75) is 46.8 Å². The summed E-state index contributed by atoms with van der Waals surface area (Å²) in [6, 6.07) is 14.6. The predicted octanol–water partition coefficient (Wildman–Crippen LogP) is 5.62. The molecular formula is C22H26N2O. The Morgan fingerprint density at radius 3 is 2.68 bits per heavy atom. The van der Waals surface area contributed by atoms with Crippen LogP contribution in [0.2, 0.25) is 0 Å². The van der Waals surface area contributed by atoms with Gasteiger partial charge in [-0.1, -0.05) is 50.3 Å². The van der Waals surface area contributed by atoms with Crippen LogP contribution in [-0.2, 0) is 13.2 Å². The molecule has 0 aliphatic carbocycles. The zero-order valence-corrected chi connectivity index (χ0v) is 15.5. The largest absolute Gasteiger partial charge is 0.485 e. The Morgan fingerprint density at radius 1 is 1.20 bits per heavy atom. The molecule has 2 aromatic carbocycles. The van der Waals surface area contributed by atoms with E-state index in [-0.39, 0.29) is 0 Å². The van der Waals surface area contributed by atoms with Gasteiger partial charge in [0.05, 0.1) is 11.0 Å². The second-order valence-corrected chi connectivity index (χ2v) is 7.04. The average molecular weight is 334 g/mol. The lowest BCUT2D eigenvalue weighted by Crippen LogP contribution is -2.09. The smallest absolute Gasteiger partial charge is 0.148 e. The number of allylic oxidation sites excluding steroid dienone is 1. The van der Waals surface area contributed by atoms with E-state index in [0.717, 1.165) is 34.7 Å². The van der Waals surface area contributed by atoms with Crippen LogP contribution in [0, 0.1) is 6.92 Å². The van der Waals surface area contributed by atoms with Gasteiger partial charge >= 0.3 is 0 Å². The van der Waals surface area contributed by atoms with Gasteiger partial charge in [-0.3, -0.25) is 0 Å². The highest BCUT2D eigenvalue weighted by Gasteiger charge is 2.13. The van der Waals surface area contributed by atoms with Gasteiger partial charge in [0, 0.05) is 6.54 Å². The van der Waals surface area contributed by atoms with Gasteiger partial charge in [-0.25, -0.2) is 4.98 Å². The van der Waals surface area contributed by atoms with Gasteiger partial charge in [-0.05, 0) is 49.1 Å². The summed E-state index contributed by atoms with van der Waals surface area (Å²) in [4.78, 5) is 4.77. The topological polar surface area (TPSA) is 27.1 Å². The van der Waals surface area contributed by atoms with Crippen molar-refractivity contribution < 1.29 is 4.74 Å². The maximum atomic E-state index is 6.20. The van der Waals surface area contributed by atoms with Gasteiger partial charge < -0.3 is 9.30 Å². The van der Waals surface area contributed by atoms with E-state index >= 15 is 0 Å². The molecule has 0 aliphatic rings. The molecule has 0 fully saturated rings. The molecule has 3 rings (SSSR count). The summed E-state index contributed by atoms with van der Waals surface area (Å²) in [5.74, 6) is 2.30. The highest BCUT2D eigenvalue weighted by Crippen LogP contribution is 2.28. The van der Waals surface area contributed by atoms with Gasteiger partial charge in [-0.2, -0.15) is 0 Å². The van der Waals surface area contributed by atoms with Gasteiger partial charge in [0.1, 0.15) is 18.2 Å². The summed E-state index contributed by atoms with van der Waals surface area (Å²) >= 11 is 0. The Balaban J connectivity index is 1.94. The van der Waals surface area contributed by atoms with Crippen molar-refractivity contribution in [3.05, 3.63) is 71.6 Å². The fourth-order valence-corrected chi connectivity index (χ4v) is 3.07. The number of para-hydroxylation sites is 2. The fraction of sp³-hybridized carbons (Fsp3) is 0.318. The van der Waals surface area contributed by atoms with Crippen molar-refractivity contribution in [1.29, 1.82) is 0 Å². The van der Waals surface area contributed by atoms with E-state index in [1.54, 1.807) is 0 Å². The van der Waals surface area contributed by atoms with Crippen molar-refractivity contribution in [3.63, 3.8) is 0 Å². The molecule has 130 valence electrons. The zero-order chi connectivity index (χ0) is 18.0. The normalized spacial score (nSPS) is 11.2. The molecule has 0 spiro atoms. The quantitative estimate of drug-likeness (QED) is 0.547. The van der Waals surface area contributed by atoms with Crippen molar-refractivity contribution >= 4 is 11.0 Å². The van der Waals surface area contributed by atoms with Gasteiger partial charge in [0.15, 0.2) is 0 Å². The van der Waals surface area contributed by atoms with Crippen LogP contribution in [-0.4, -0.2) is 9.55 Å². The van der Waals surface area contributed by atoms with Crippen LogP contribution in [0.3, 0.4) is 0 Å². The zero-order valence-electron chi connectivity index (χ0n) is 15.5. The highest BCUT2D eigenvalue weighted by atomic mass is 16.5. The second-order valence-electron chi connectivity index (χ2n) is 7.04. The molecular weight excluding hydrogens is 308 g/mol. The van der Waals surface area contributed by atoms with E-state index in [0.29, 0.717) is 12.5 Å². The summed E-state index contributed by atoms with van der Waals surface area (Å²) < 4.78 is 8.40. The molecule has 3 aromatic rings. The van der Waals surface area contributed by atoms with Crippen molar-refractivity contribution in [2.24, 2.45) is 0 Å². The first-order chi connectivity index (χ1) is 12.0. The Kier molecular flexibility index (Phi) is 4.93. The summed E-state index contributed by atoms with van der Waals surface area (Å²) in [6.07, 6.45) is 0. The monoisotopic (exact) mass is 334 g/mol. The van der Waals surface area contributed by atoms with Crippen molar-refractivity contribution in [3.8, 4) is 5.75 Å². The third kappa shape index (κ3) is 3.76. The molecule has 0 amide bonds. The van der Waals surface area contributed by atoms with E-state index in [9.17, 15) is 0 Å². The SMILES string of the molecule is C=C(C)Cn1c(COc2cc(C)ccc2C(C)C)nc2ccccc21. The van der Waals surface area contributed by atoms with Crippen LogP contribution < -0.4 is 4.74 Å². The van der Waals surface area contributed by atoms with Crippen LogP contribution in [0.25, 0.3) is 11.0 Å². The molecule has 0 saturated heterocycles. The number of imidazole rings is 1. The molecule has 0 radical (unpaired) electrons. The molecule has 0 unspecified atom stereocenters. The molecule has 0 atom stereocenters. The number of aryl methyl sites for hydroxylation is 1. The minimum Gasteiger partial charge on any atom is -0.485 e. The molecule has 0 aliphatic heterocycles. The molecule has 1 heterocycles. The molecule has 1 aromatic heterocycles. The predicted molar refractivity (Wildman–Crippen MR) is 104 cm³/mol. The molecule has 0 saturated carbocycles. The molecule has 0 bridgehead atoms. The van der Waals surface area contributed by atoms with Crippen molar-refractivity contribution in [2.75, 3.05) is 0 Å². The first-order valence-electron chi connectivity index (χ1n) is 8.77. The maximum absolute atomic E-state index is 6.20. The summed E-state index contributed by atoms with van der Waals surface area (Å²) in [5.41, 5.74) is 5.65. The summed E-state index contributed by atoms with van der Waals surface area (Å²) in [6.45, 7) is 13.8. The number of hydrogen-bond donors (Lipinski definition) is 0. The number of benzene rings is 2.